The number of likely N-dealkylation sites (N-methyl/N-ethyl adjacent to an activating group) is 1. The Hall–Kier alpha value is -1.10. The fourth-order valence-corrected chi connectivity index (χ4v) is 5.16. The highest BCUT2D eigenvalue weighted by molar-refractivity contribution is 5.70. The van der Waals surface area contributed by atoms with Gasteiger partial charge in [0.05, 0.1) is 21.1 Å². The molecule has 0 radical (unpaired) electrons. The second-order valence-corrected chi connectivity index (χ2v) is 12.9. The first-order chi connectivity index (χ1) is 18.1. The Morgan fingerprint density at radius 1 is 0.658 bits per heavy atom. The van der Waals surface area contributed by atoms with Gasteiger partial charge in [-0.05, 0) is 12.3 Å². The summed E-state index contributed by atoms with van der Waals surface area (Å²) in [6, 6.07) is 0. The van der Waals surface area contributed by atoms with Gasteiger partial charge in [0.1, 0.15) is 6.54 Å². The van der Waals surface area contributed by atoms with E-state index in [4.69, 9.17) is 4.74 Å². The van der Waals surface area contributed by atoms with Gasteiger partial charge in [0.25, 0.3) is 0 Å². The molecule has 0 amide bonds. The van der Waals surface area contributed by atoms with Crippen molar-refractivity contribution >= 4 is 11.9 Å². The van der Waals surface area contributed by atoms with Crippen LogP contribution in [0.3, 0.4) is 0 Å². The van der Waals surface area contributed by atoms with Crippen molar-refractivity contribution in [3.05, 3.63) is 0 Å². The number of rotatable bonds is 28. The number of carbonyl (C=O) groups is 2. The first-order valence-corrected chi connectivity index (χ1v) is 16.3. The second-order valence-electron chi connectivity index (χ2n) is 12.9. The van der Waals surface area contributed by atoms with Crippen molar-refractivity contribution in [2.45, 2.75) is 168 Å². The number of ether oxygens (including phenoxy) is 1. The molecule has 0 aliphatic heterocycles. The van der Waals surface area contributed by atoms with E-state index in [9.17, 15) is 14.7 Å². The largest absolute Gasteiger partial charge is 0.550 e. The SMILES string of the molecule is CCC(C)CCCCCCCCCCCCCCCCCCCCCC(=O)OC(CC(=O)[O-])C[N+](C)(C)C. The molecule has 5 heteroatoms. The topological polar surface area (TPSA) is 66.4 Å². The number of hydrogen-bond donors (Lipinski definition) is 0. The summed E-state index contributed by atoms with van der Waals surface area (Å²) < 4.78 is 5.96. The van der Waals surface area contributed by atoms with Crippen molar-refractivity contribution in [1.82, 2.24) is 0 Å². The first kappa shape index (κ1) is 36.9. The second kappa shape index (κ2) is 24.9. The molecule has 2 atom stereocenters. The molecule has 0 bridgehead atoms. The highest BCUT2D eigenvalue weighted by atomic mass is 16.5. The van der Waals surface area contributed by atoms with Crippen LogP contribution in [-0.4, -0.2) is 50.2 Å². The number of carboxylic acid groups (broad SMARTS) is 1. The van der Waals surface area contributed by atoms with Gasteiger partial charge < -0.3 is 19.1 Å². The summed E-state index contributed by atoms with van der Waals surface area (Å²) in [5.74, 6) is -0.537. The molecule has 0 saturated carbocycles. The maximum Gasteiger partial charge on any atom is 0.306 e. The van der Waals surface area contributed by atoms with Crippen LogP contribution in [0.2, 0.25) is 0 Å². The molecule has 0 aromatic heterocycles. The number of hydrogen-bond acceptors (Lipinski definition) is 4. The van der Waals surface area contributed by atoms with Gasteiger partial charge in [0.2, 0.25) is 0 Å². The lowest BCUT2D eigenvalue weighted by Crippen LogP contribution is -2.45. The van der Waals surface area contributed by atoms with Gasteiger partial charge in [-0.3, -0.25) is 4.79 Å². The molecule has 0 aromatic carbocycles. The Morgan fingerprint density at radius 2 is 1.03 bits per heavy atom. The van der Waals surface area contributed by atoms with Crippen LogP contribution in [0, 0.1) is 5.92 Å². The van der Waals surface area contributed by atoms with E-state index < -0.39 is 12.1 Å². The minimum Gasteiger partial charge on any atom is -0.550 e. The quantitative estimate of drug-likeness (QED) is 0.0574. The van der Waals surface area contributed by atoms with Crippen LogP contribution >= 0.6 is 0 Å². The lowest BCUT2D eigenvalue weighted by atomic mass is 9.99. The highest BCUT2D eigenvalue weighted by Crippen LogP contribution is 2.17. The van der Waals surface area contributed by atoms with Gasteiger partial charge in [-0.15, -0.1) is 0 Å². The zero-order valence-corrected chi connectivity index (χ0v) is 26.2. The molecular weight excluding hydrogens is 474 g/mol. The van der Waals surface area contributed by atoms with Gasteiger partial charge in [0, 0.05) is 18.8 Å². The maximum atomic E-state index is 12.1. The third kappa shape index (κ3) is 27.9. The van der Waals surface area contributed by atoms with E-state index in [1.54, 1.807) is 0 Å². The minimum absolute atomic E-state index is 0.236. The summed E-state index contributed by atoms with van der Waals surface area (Å²) in [6.07, 6.45) is 27.6. The van der Waals surface area contributed by atoms with E-state index in [-0.39, 0.29) is 12.4 Å². The molecule has 2 unspecified atom stereocenters. The number of aliphatic carboxylic acids is 1. The van der Waals surface area contributed by atoms with Gasteiger partial charge in [0.15, 0.2) is 6.10 Å². The Balaban J connectivity index is 3.40. The zero-order valence-electron chi connectivity index (χ0n) is 26.2. The lowest BCUT2D eigenvalue weighted by molar-refractivity contribution is -0.873. The Morgan fingerprint density at radius 3 is 1.37 bits per heavy atom. The zero-order chi connectivity index (χ0) is 28.5. The van der Waals surface area contributed by atoms with Crippen LogP contribution in [0.1, 0.15) is 162 Å². The van der Waals surface area contributed by atoms with Crippen molar-refractivity contribution in [1.29, 1.82) is 0 Å². The monoisotopic (exact) mass is 539 g/mol. The van der Waals surface area contributed by atoms with Gasteiger partial charge >= 0.3 is 5.97 Å². The van der Waals surface area contributed by atoms with E-state index in [2.05, 4.69) is 13.8 Å². The summed E-state index contributed by atoms with van der Waals surface area (Å²) in [4.78, 5) is 23.0. The van der Waals surface area contributed by atoms with Crippen LogP contribution in [0.15, 0.2) is 0 Å². The summed E-state index contributed by atoms with van der Waals surface area (Å²) in [5.41, 5.74) is 0. The van der Waals surface area contributed by atoms with Crippen molar-refractivity contribution in [3.63, 3.8) is 0 Å². The van der Waals surface area contributed by atoms with E-state index in [0.717, 1.165) is 25.2 Å². The van der Waals surface area contributed by atoms with Crippen LogP contribution in [0.5, 0.6) is 0 Å². The van der Waals surface area contributed by atoms with Crippen molar-refractivity contribution in [3.8, 4) is 0 Å². The molecule has 226 valence electrons. The standard InChI is InChI=1S/C33H65NO4/c1-6-30(2)26-24-22-20-18-16-14-12-10-8-7-9-11-13-15-17-19-21-23-25-27-33(37)38-31(28-32(35)36)29-34(3,4)5/h30-31H,6-29H2,1-5H3. The van der Waals surface area contributed by atoms with E-state index >= 15 is 0 Å². The summed E-state index contributed by atoms with van der Waals surface area (Å²) in [5, 5.41) is 10.9. The predicted octanol–water partition coefficient (Wildman–Crippen LogP) is 7.98. The molecule has 0 rings (SSSR count). The molecule has 0 N–H and O–H groups in total. The maximum absolute atomic E-state index is 12.1. The Labute approximate surface area is 237 Å². The Kier molecular flexibility index (Phi) is 24.2. The first-order valence-electron chi connectivity index (χ1n) is 16.3. The molecule has 0 aromatic rings. The van der Waals surface area contributed by atoms with Crippen LogP contribution in [0.4, 0.5) is 0 Å². The summed E-state index contributed by atoms with van der Waals surface area (Å²) in [6.45, 7) is 5.15. The molecule has 5 nitrogen and oxygen atoms in total. The van der Waals surface area contributed by atoms with E-state index in [1.807, 2.05) is 21.1 Å². The van der Waals surface area contributed by atoms with Crippen molar-refractivity contribution < 1.29 is 23.9 Å². The van der Waals surface area contributed by atoms with Gasteiger partial charge in [-0.1, -0.05) is 142 Å². The van der Waals surface area contributed by atoms with Crippen LogP contribution in [0.25, 0.3) is 0 Å². The Bertz CT molecular complexity index is 558. The van der Waals surface area contributed by atoms with Crippen molar-refractivity contribution in [2.24, 2.45) is 5.92 Å². The molecule has 0 aliphatic carbocycles. The third-order valence-corrected chi connectivity index (χ3v) is 7.72. The molecular formula is C33H65NO4. The predicted molar refractivity (Wildman–Crippen MR) is 159 cm³/mol. The van der Waals surface area contributed by atoms with Gasteiger partial charge in [-0.25, -0.2) is 0 Å². The number of nitrogens with zero attached hydrogens (tertiary/aromatic N) is 1. The molecule has 0 fully saturated rings. The van der Waals surface area contributed by atoms with Crippen molar-refractivity contribution in [2.75, 3.05) is 27.7 Å². The fraction of sp³-hybridized carbons (Fsp3) is 0.939. The molecule has 0 spiro atoms. The lowest BCUT2D eigenvalue weighted by Gasteiger charge is -2.29. The van der Waals surface area contributed by atoms with Gasteiger partial charge in [-0.2, -0.15) is 0 Å². The van der Waals surface area contributed by atoms with Crippen LogP contribution < -0.4 is 5.11 Å². The number of unbranched alkanes of at least 4 members (excludes halogenated alkanes) is 18. The molecule has 38 heavy (non-hydrogen) atoms. The third-order valence-electron chi connectivity index (χ3n) is 7.72. The summed E-state index contributed by atoms with van der Waals surface area (Å²) >= 11 is 0. The number of carbonyl (C=O) groups excluding carboxylic acids is 2. The minimum atomic E-state index is -1.17. The van der Waals surface area contributed by atoms with E-state index in [1.165, 1.54) is 116 Å². The van der Waals surface area contributed by atoms with Crippen LogP contribution in [-0.2, 0) is 14.3 Å². The fourth-order valence-electron chi connectivity index (χ4n) is 5.16. The summed E-state index contributed by atoms with van der Waals surface area (Å²) in [7, 11) is 5.86. The normalized spacial score (nSPS) is 13.4. The number of quaternary nitrogens is 1. The molecule has 0 saturated heterocycles. The number of carboxylic acids is 1. The molecule has 0 heterocycles. The van der Waals surface area contributed by atoms with E-state index in [0.29, 0.717) is 17.4 Å². The molecule has 0 aliphatic rings. The number of esters is 1. The highest BCUT2D eigenvalue weighted by Gasteiger charge is 2.22. The smallest absolute Gasteiger partial charge is 0.306 e. The average molecular weight is 540 g/mol. The average Bonchev–Trinajstić information content (AvgIpc) is 2.83.